The Morgan fingerprint density at radius 2 is 1.54 bits per heavy atom. The van der Waals surface area contributed by atoms with E-state index in [1.807, 2.05) is 13.8 Å². The van der Waals surface area contributed by atoms with E-state index in [9.17, 15) is 43.9 Å². The maximum absolute atomic E-state index is 14.7. The third-order valence-electron chi connectivity index (χ3n) is 6.83. The fourth-order valence-corrected chi connectivity index (χ4v) is 4.59. The van der Waals surface area contributed by atoms with Crippen molar-refractivity contribution in [1.82, 2.24) is 10.9 Å². The second-order valence-corrected chi connectivity index (χ2v) is 10.7. The van der Waals surface area contributed by atoms with Gasteiger partial charge in [0.25, 0.3) is 0 Å². The molecule has 0 spiro atoms. The minimum Gasteiger partial charge on any atom is -0.331 e. The van der Waals surface area contributed by atoms with Crippen LogP contribution < -0.4 is 21.2 Å². The fraction of sp³-hybridized carbons (Fsp3) is 0.276. The second-order valence-electron chi connectivity index (χ2n) is 10.3. The first-order chi connectivity index (χ1) is 21.3. The van der Waals surface area contributed by atoms with Gasteiger partial charge in [-0.25, -0.2) is 13.8 Å². The van der Waals surface area contributed by atoms with Gasteiger partial charge in [0.15, 0.2) is 5.11 Å². The van der Waals surface area contributed by atoms with E-state index < -0.39 is 41.5 Å². The van der Waals surface area contributed by atoms with Crippen molar-refractivity contribution in [3.8, 4) is 0 Å². The van der Waals surface area contributed by atoms with Crippen molar-refractivity contribution in [3.05, 3.63) is 94.8 Å². The number of hydrogen-bond acceptors (Lipinski definition) is 5. The highest BCUT2D eigenvalue weighted by molar-refractivity contribution is 7.80. The van der Waals surface area contributed by atoms with Crippen molar-refractivity contribution in [1.29, 1.82) is 0 Å². The van der Waals surface area contributed by atoms with Crippen LogP contribution in [-0.4, -0.2) is 35.9 Å². The highest BCUT2D eigenvalue weighted by Gasteiger charge is 2.81. The summed E-state index contributed by atoms with van der Waals surface area (Å²) < 4.78 is 134. The third kappa shape index (κ3) is 6.94. The summed E-state index contributed by atoms with van der Waals surface area (Å²) >= 11 is 5.22. The number of hydrogen-bond donors (Lipinski definition) is 3. The zero-order chi connectivity index (χ0) is 34.1. The van der Waals surface area contributed by atoms with Crippen LogP contribution in [0.4, 0.5) is 55.3 Å². The predicted octanol–water partition coefficient (Wildman–Crippen LogP) is 8.25. The molecule has 46 heavy (non-hydrogen) atoms. The summed E-state index contributed by atoms with van der Waals surface area (Å²) in [5.41, 5.74) is 0.131. The van der Waals surface area contributed by atoms with E-state index in [4.69, 9.17) is 12.2 Å². The minimum atomic E-state index is -6.81. The van der Waals surface area contributed by atoms with Gasteiger partial charge in [-0.2, -0.15) is 45.7 Å². The lowest BCUT2D eigenvalue weighted by Crippen LogP contribution is -2.59. The van der Waals surface area contributed by atoms with E-state index in [2.05, 4.69) is 26.3 Å². The summed E-state index contributed by atoms with van der Waals surface area (Å²) in [4.78, 5) is 4.20. The first kappa shape index (κ1) is 34.6. The molecule has 2 atom stereocenters. The van der Waals surface area contributed by atoms with Crippen molar-refractivity contribution in [2.45, 2.75) is 49.9 Å². The number of anilines is 2. The molecule has 0 saturated carbocycles. The summed E-state index contributed by atoms with van der Waals surface area (Å²) in [5, 5.41) is 8.25. The van der Waals surface area contributed by atoms with Gasteiger partial charge in [0, 0.05) is 11.3 Å². The summed E-state index contributed by atoms with van der Waals surface area (Å²) in [6, 6.07) is 12.9. The van der Waals surface area contributed by atoms with Crippen molar-refractivity contribution in [2.75, 3.05) is 10.3 Å². The number of nitrogens with one attached hydrogen (secondary N) is 3. The fourth-order valence-electron chi connectivity index (χ4n) is 4.42. The van der Waals surface area contributed by atoms with Crippen LogP contribution in [0, 0.1) is 5.82 Å². The average Bonchev–Trinajstić information content (AvgIpc) is 3.46. The Hall–Kier alpha value is -4.25. The number of aliphatic imine (C=N–C) groups is 1. The van der Waals surface area contributed by atoms with Crippen LogP contribution in [0.2, 0.25) is 0 Å². The van der Waals surface area contributed by atoms with E-state index >= 15 is 0 Å². The number of benzene rings is 3. The molecule has 0 aromatic heterocycles. The first-order valence-corrected chi connectivity index (χ1v) is 13.6. The Kier molecular flexibility index (Phi) is 9.68. The molecule has 1 heterocycles. The van der Waals surface area contributed by atoms with E-state index in [0.29, 0.717) is 16.8 Å². The smallest absolute Gasteiger partial charge is 0.331 e. The summed E-state index contributed by atoms with van der Waals surface area (Å²) in [6.07, 6.45) is -11.4. The van der Waals surface area contributed by atoms with Gasteiger partial charge in [0.05, 0.1) is 11.9 Å². The van der Waals surface area contributed by atoms with Crippen molar-refractivity contribution in [2.24, 2.45) is 10.1 Å². The Morgan fingerprint density at radius 1 is 0.913 bits per heavy atom. The normalized spacial score (nSPS) is 17.1. The van der Waals surface area contributed by atoms with Crippen LogP contribution in [0.1, 0.15) is 48.2 Å². The Bertz CT molecular complexity index is 1600. The van der Waals surface area contributed by atoms with Crippen LogP contribution in [0.25, 0.3) is 0 Å². The largest absolute Gasteiger partial charge is 0.457 e. The van der Waals surface area contributed by atoms with Gasteiger partial charge < -0.3 is 5.32 Å². The monoisotopic (exact) mass is 678 g/mol. The lowest BCUT2D eigenvalue weighted by molar-refractivity contribution is -0.389. The van der Waals surface area contributed by atoms with Gasteiger partial charge in [-0.3, -0.25) is 10.4 Å². The molecule has 3 N–H and O–H groups in total. The van der Waals surface area contributed by atoms with Crippen LogP contribution in [-0.2, 0) is 5.67 Å². The summed E-state index contributed by atoms with van der Waals surface area (Å²) in [6.45, 7) is 3.90. The minimum absolute atomic E-state index is 0.0204. The van der Waals surface area contributed by atoms with E-state index in [1.54, 1.807) is 30.3 Å². The SMILES string of the molecule is CC(C)c1ccc(F)cc1NC(=S)N/N=C/c1ccc(C2N=CN(c3ccc(C(F)(C(F)(F)F)C(F)(F)C(F)(F)F)cc3)N2)cc1. The van der Waals surface area contributed by atoms with Crippen LogP contribution >= 0.6 is 12.2 Å². The topological polar surface area (TPSA) is 64.0 Å². The molecule has 0 amide bonds. The lowest BCUT2D eigenvalue weighted by Gasteiger charge is -2.36. The van der Waals surface area contributed by atoms with Gasteiger partial charge in [0.2, 0.25) is 0 Å². The standard InChI is InChI=1S/C29H24F10N6S/c1-16(2)22-12-9-20(30)13-23(22)42-25(46)43-41-14-17-3-5-18(6-4-17)24-40-15-45(44-24)21-10-7-19(8-11-21)26(31,28(34,35)36)27(32,33)29(37,38)39/h3-16,24,44H,1-2H3,(H2,42,43,46)/b41-14+. The van der Waals surface area contributed by atoms with Crippen molar-refractivity contribution in [3.63, 3.8) is 0 Å². The van der Waals surface area contributed by atoms with Gasteiger partial charge in [-0.1, -0.05) is 56.3 Å². The Labute approximate surface area is 261 Å². The van der Waals surface area contributed by atoms with Gasteiger partial charge in [-0.05, 0) is 59.1 Å². The quantitative estimate of drug-likeness (QED) is 0.0970. The Balaban J connectivity index is 1.38. The molecule has 17 heteroatoms. The number of rotatable bonds is 8. The molecule has 3 aromatic carbocycles. The molecular formula is C29H24F10N6S. The molecule has 0 aliphatic carbocycles. The van der Waals surface area contributed by atoms with Gasteiger partial charge in [-0.15, -0.1) is 0 Å². The second kappa shape index (κ2) is 12.9. The lowest BCUT2D eigenvalue weighted by atomic mass is 9.87. The molecule has 0 saturated heterocycles. The summed E-state index contributed by atoms with van der Waals surface area (Å²) in [5.74, 6) is -7.07. The maximum atomic E-state index is 14.7. The molecule has 1 aliphatic rings. The maximum Gasteiger partial charge on any atom is 0.457 e. The summed E-state index contributed by atoms with van der Waals surface area (Å²) in [7, 11) is 0. The molecular weight excluding hydrogens is 654 g/mol. The number of alkyl halides is 9. The molecule has 0 radical (unpaired) electrons. The zero-order valence-electron chi connectivity index (χ0n) is 23.7. The molecule has 0 fully saturated rings. The van der Waals surface area contributed by atoms with Crippen LogP contribution in [0.15, 0.2) is 76.8 Å². The number of hydrazone groups is 1. The molecule has 0 bridgehead atoms. The van der Waals surface area contributed by atoms with Gasteiger partial charge in [0.1, 0.15) is 18.3 Å². The zero-order valence-corrected chi connectivity index (χ0v) is 24.5. The average molecular weight is 679 g/mol. The van der Waals surface area contributed by atoms with Crippen molar-refractivity contribution < 1.29 is 43.9 Å². The molecule has 2 unspecified atom stereocenters. The molecule has 1 aliphatic heterocycles. The third-order valence-corrected chi connectivity index (χ3v) is 7.03. The van der Waals surface area contributed by atoms with Crippen molar-refractivity contribution >= 4 is 41.3 Å². The van der Waals surface area contributed by atoms with E-state index in [0.717, 1.165) is 17.7 Å². The number of hydrazine groups is 1. The molecule has 4 rings (SSSR count). The number of nitrogens with zero attached hydrogens (tertiary/aromatic N) is 3. The van der Waals surface area contributed by atoms with Gasteiger partial charge >= 0.3 is 23.9 Å². The Morgan fingerprint density at radius 3 is 2.11 bits per heavy atom. The number of thiocarbonyl (C=S) groups is 1. The highest BCUT2D eigenvalue weighted by atomic mass is 32.1. The first-order valence-electron chi connectivity index (χ1n) is 13.2. The molecule has 6 nitrogen and oxygen atoms in total. The van der Waals surface area contributed by atoms with Crippen LogP contribution in [0.5, 0.6) is 0 Å². The molecule has 3 aromatic rings. The van der Waals surface area contributed by atoms with Crippen LogP contribution in [0.3, 0.4) is 0 Å². The van der Waals surface area contributed by atoms with E-state index in [-0.39, 0.29) is 28.9 Å². The highest BCUT2D eigenvalue weighted by Crippen LogP contribution is 2.58. The van der Waals surface area contributed by atoms with E-state index in [1.165, 1.54) is 29.7 Å². The molecule has 246 valence electrons. The number of halogens is 10. The predicted molar refractivity (Wildman–Crippen MR) is 157 cm³/mol.